The number of benzene rings is 3. The van der Waals surface area contributed by atoms with E-state index in [4.69, 9.17) is 32.7 Å². The van der Waals surface area contributed by atoms with Gasteiger partial charge >= 0.3 is 5.97 Å². The fourth-order valence-electron chi connectivity index (χ4n) is 3.13. The van der Waals surface area contributed by atoms with Gasteiger partial charge in [0.15, 0.2) is 0 Å². The van der Waals surface area contributed by atoms with E-state index in [1.54, 1.807) is 79.9 Å². The van der Waals surface area contributed by atoms with Crippen molar-refractivity contribution in [3.63, 3.8) is 0 Å². The molecule has 0 spiro atoms. The summed E-state index contributed by atoms with van der Waals surface area (Å²) in [5.74, 6) is 0.0999. The summed E-state index contributed by atoms with van der Waals surface area (Å²) in [6, 6.07) is 18.2. The van der Waals surface area contributed by atoms with Crippen LogP contribution in [0.15, 0.2) is 71.6 Å². The first kappa shape index (κ1) is 23.9. The molecule has 2 amide bonds. The Morgan fingerprint density at radius 3 is 2.26 bits per heavy atom. The van der Waals surface area contributed by atoms with Crippen molar-refractivity contribution in [3.8, 4) is 11.5 Å². The molecule has 34 heavy (non-hydrogen) atoms. The van der Waals surface area contributed by atoms with Gasteiger partial charge in [-0.15, -0.1) is 0 Å². The van der Waals surface area contributed by atoms with Gasteiger partial charge in [0.05, 0.1) is 34.2 Å². The molecule has 0 bridgehead atoms. The molecular formula is C25H17Cl2NO5S. The third-order valence-electron chi connectivity index (χ3n) is 4.91. The number of methoxy groups -OCH3 is 1. The monoisotopic (exact) mass is 513 g/mol. The SMILES string of the molecule is COc1ccc(C(=O)Oc2ccc(/C=C3/SC(=O)N(Cc4ccc(Cl)c(Cl)c4)C3=O)cc2)cc1. The second kappa shape index (κ2) is 10.3. The van der Waals surface area contributed by atoms with E-state index in [2.05, 4.69) is 0 Å². The molecule has 1 aliphatic rings. The van der Waals surface area contributed by atoms with Gasteiger partial charge in [0, 0.05) is 0 Å². The molecule has 1 saturated heterocycles. The molecule has 0 atom stereocenters. The highest BCUT2D eigenvalue weighted by molar-refractivity contribution is 8.18. The number of ether oxygens (including phenoxy) is 2. The Morgan fingerprint density at radius 2 is 1.62 bits per heavy atom. The van der Waals surface area contributed by atoms with Gasteiger partial charge in [-0.05, 0) is 77.5 Å². The van der Waals surface area contributed by atoms with Crippen LogP contribution in [0, 0.1) is 0 Å². The van der Waals surface area contributed by atoms with Crippen molar-refractivity contribution in [3.05, 3.63) is 98.4 Å². The van der Waals surface area contributed by atoms with Crippen LogP contribution in [0.1, 0.15) is 21.5 Å². The van der Waals surface area contributed by atoms with Crippen molar-refractivity contribution in [2.75, 3.05) is 7.11 Å². The summed E-state index contributed by atoms with van der Waals surface area (Å²) in [7, 11) is 1.55. The summed E-state index contributed by atoms with van der Waals surface area (Å²) in [5.41, 5.74) is 1.77. The highest BCUT2D eigenvalue weighted by Crippen LogP contribution is 2.34. The molecule has 0 saturated carbocycles. The molecule has 0 N–H and O–H groups in total. The Balaban J connectivity index is 1.42. The molecule has 0 radical (unpaired) electrons. The Bertz CT molecular complexity index is 1290. The zero-order valence-corrected chi connectivity index (χ0v) is 20.1. The number of esters is 1. The number of carbonyl (C=O) groups excluding carboxylic acids is 3. The van der Waals surface area contributed by atoms with E-state index in [0.717, 1.165) is 16.7 Å². The zero-order chi connectivity index (χ0) is 24.2. The van der Waals surface area contributed by atoms with Crippen LogP contribution in [0.3, 0.4) is 0 Å². The molecule has 1 aliphatic heterocycles. The van der Waals surface area contributed by atoms with Gasteiger partial charge in [-0.3, -0.25) is 14.5 Å². The predicted molar refractivity (Wildman–Crippen MR) is 132 cm³/mol. The van der Waals surface area contributed by atoms with Crippen molar-refractivity contribution in [1.82, 2.24) is 4.90 Å². The summed E-state index contributed by atoms with van der Waals surface area (Å²) >= 11 is 12.8. The van der Waals surface area contributed by atoms with E-state index >= 15 is 0 Å². The first-order valence-corrected chi connectivity index (χ1v) is 11.6. The Morgan fingerprint density at radius 1 is 0.941 bits per heavy atom. The smallest absolute Gasteiger partial charge is 0.343 e. The molecule has 0 aromatic heterocycles. The van der Waals surface area contributed by atoms with Crippen molar-refractivity contribution in [1.29, 1.82) is 0 Å². The van der Waals surface area contributed by atoms with Gasteiger partial charge in [0.1, 0.15) is 11.5 Å². The minimum Gasteiger partial charge on any atom is -0.497 e. The average molecular weight is 514 g/mol. The molecule has 3 aromatic rings. The largest absolute Gasteiger partial charge is 0.497 e. The van der Waals surface area contributed by atoms with E-state index < -0.39 is 11.9 Å². The van der Waals surface area contributed by atoms with Gasteiger partial charge in [-0.2, -0.15) is 0 Å². The van der Waals surface area contributed by atoms with Crippen LogP contribution in [-0.4, -0.2) is 29.1 Å². The molecule has 172 valence electrons. The van der Waals surface area contributed by atoms with Crippen LogP contribution >= 0.6 is 35.0 Å². The van der Waals surface area contributed by atoms with Crippen molar-refractivity contribution in [2.24, 2.45) is 0 Å². The Hall–Kier alpha value is -3.26. The summed E-state index contributed by atoms with van der Waals surface area (Å²) in [6.07, 6.45) is 1.62. The van der Waals surface area contributed by atoms with Crippen molar-refractivity contribution < 1.29 is 23.9 Å². The Labute approximate surface area is 210 Å². The lowest BCUT2D eigenvalue weighted by molar-refractivity contribution is -0.123. The lowest BCUT2D eigenvalue weighted by atomic mass is 10.2. The number of nitrogens with zero attached hydrogens (tertiary/aromatic N) is 1. The highest BCUT2D eigenvalue weighted by atomic mass is 35.5. The molecule has 1 fully saturated rings. The van der Waals surface area contributed by atoms with Crippen LogP contribution in [0.2, 0.25) is 10.0 Å². The standard InChI is InChI=1S/C25H17Cl2NO5S/c1-32-18-9-5-17(6-10-18)24(30)33-19-7-2-15(3-8-19)13-22-23(29)28(25(31)34-22)14-16-4-11-20(26)21(27)12-16/h2-13H,14H2,1H3/b22-13+. The van der Waals surface area contributed by atoms with Gasteiger partial charge in [-0.25, -0.2) is 4.79 Å². The maximum atomic E-state index is 12.8. The van der Waals surface area contributed by atoms with Crippen LogP contribution in [-0.2, 0) is 11.3 Å². The number of imide groups is 1. The number of thioether (sulfide) groups is 1. The number of carbonyl (C=O) groups is 3. The van der Waals surface area contributed by atoms with Gasteiger partial charge < -0.3 is 9.47 Å². The third kappa shape index (κ3) is 5.44. The lowest BCUT2D eigenvalue weighted by Crippen LogP contribution is -2.27. The van der Waals surface area contributed by atoms with E-state index in [0.29, 0.717) is 43.1 Å². The zero-order valence-electron chi connectivity index (χ0n) is 17.8. The Kier molecular flexibility index (Phi) is 7.26. The van der Waals surface area contributed by atoms with Gasteiger partial charge in [-0.1, -0.05) is 41.4 Å². The van der Waals surface area contributed by atoms with E-state index in [9.17, 15) is 14.4 Å². The van der Waals surface area contributed by atoms with Crippen LogP contribution in [0.5, 0.6) is 11.5 Å². The fourth-order valence-corrected chi connectivity index (χ4v) is 4.29. The topological polar surface area (TPSA) is 72.9 Å². The highest BCUT2D eigenvalue weighted by Gasteiger charge is 2.35. The first-order chi connectivity index (χ1) is 16.3. The summed E-state index contributed by atoms with van der Waals surface area (Å²) in [5, 5.41) is 0.388. The average Bonchev–Trinajstić information content (AvgIpc) is 3.10. The number of hydrogen-bond donors (Lipinski definition) is 0. The molecule has 1 heterocycles. The summed E-state index contributed by atoms with van der Waals surface area (Å²) < 4.78 is 10.5. The molecule has 4 rings (SSSR count). The second-order valence-electron chi connectivity index (χ2n) is 7.20. The molecule has 6 nitrogen and oxygen atoms in total. The van der Waals surface area contributed by atoms with Crippen molar-refractivity contribution >= 4 is 58.2 Å². The molecule has 3 aromatic carbocycles. The summed E-state index contributed by atoms with van der Waals surface area (Å²) in [6.45, 7) is 0.0964. The summed E-state index contributed by atoms with van der Waals surface area (Å²) in [4.78, 5) is 38.9. The van der Waals surface area contributed by atoms with Gasteiger partial charge in [0.25, 0.3) is 11.1 Å². The number of rotatable bonds is 6. The fraction of sp³-hybridized carbons (Fsp3) is 0.0800. The normalized spacial score (nSPS) is 14.6. The molecule has 9 heteroatoms. The predicted octanol–water partition coefficient (Wildman–Crippen LogP) is 6.46. The quantitative estimate of drug-likeness (QED) is 0.214. The van der Waals surface area contributed by atoms with Crippen LogP contribution in [0.4, 0.5) is 4.79 Å². The van der Waals surface area contributed by atoms with E-state index in [1.165, 1.54) is 0 Å². The first-order valence-electron chi connectivity index (χ1n) is 9.99. The van der Waals surface area contributed by atoms with E-state index in [1.807, 2.05) is 0 Å². The maximum absolute atomic E-state index is 12.8. The minimum atomic E-state index is -0.501. The van der Waals surface area contributed by atoms with Crippen LogP contribution in [0.25, 0.3) is 6.08 Å². The molecule has 0 unspecified atom stereocenters. The third-order valence-corrected chi connectivity index (χ3v) is 6.56. The maximum Gasteiger partial charge on any atom is 0.343 e. The molecule has 0 aliphatic carbocycles. The second-order valence-corrected chi connectivity index (χ2v) is 9.01. The lowest BCUT2D eigenvalue weighted by Gasteiger charge is -2.12. The molecular weight excluding hydrogens is 497 g/mol. The van der Waals surface area contributed by atoms with E-state index in [-0.39, 0.29) is 11.8 Å². The number of amides is 2. The number of hydrogen-bond acceptors (Lipinski definition) is 6. The van der Waals surface area contributed by atoms with Crippen LogP contribution < -0.4 is 9.47 Å². The van der Waals surface area contributed by atoms with Gasteiger partial charge in [0.2, 0.25) is 0 Å². The minimum absolute atomic E-state index is 0.0964. The van der Waals surface area contributed by atoms with Crippen molar-refractivity contribution in [2.45, 2.75) is 6.54 Å². The number of halogens is 2.